The molecule has 256 valence electrons. The average Bonchev–Trinajstić information content (AvgIpc) is 3.79. The molecule has 0 unspecified atom stereocenters. The van der Waals surface area contributed by atoms with Gasteiger partial charge in [-0.2, -0.15) is 0 Å². The third-order valence-electron chi connectivity index (χ3n) is 9.68. The van der Waals surface area contributed by atoms with E-state index in [0.29, 0.717) is 44.4 Å². The maximum atomic E-state index is 13.5. The van der Waals surface area contributed by atoms with Crippen LogP contribution in [0.1, 0.15) is 41.0 Å². The molecular weight excluding hydrogens is 626 g/mol. The molecule has 1 fully saturated rings. The first kappa shape index (κ1) is 33.1. The topological polar surface area (TPSA) is 90.6 Å². The van der Waals surface area contributed by atoms with Gasteiger partial charge in [-0.15, -0.1) is 0 Å². The average molecular weight is 670 g/mol. The van der Waals surface area contributed by atoms with Crippen molar-refractivity contribution in [1.82, 2.24) is 24.3 Å². The van der Waals surface area contributed by atoms with E-state index in [4.69, 9.17) is 9.47 Å². The largest absolute Gasteiger partial charge is 0.445 e. The Morgan fingerprint density at radius 1 is 0.880 bits per heavy atom. The number of carbonyl (C=O) groups is 2. The summed E-state index contributed by atoms with van der Waals surface area (Å²) in [5.74, 6) is 0.283. The number of benzene rings is 4. The first-order chi connectivity index (χ1) is 24.6. The van der Waals surface area contributed by atoms with Crippen LogP contribution in [0.25, 0.3) is 32.7 Å². The Morgan fingerprint density at radius 2 is 1.66 bits per heavy atom. The number of aromatic nitrogens is 3. The monoisotopic (exact) mass is 669 g/mol. The van der Waals surface area contributed by atoms with Gasteiger partial charge in [0.05, 0.1) is 18.6 Å². The van der Waals surface area contributed by atoms with Crippen LogP contribution in [0.3, 0.4) is 0 Å². The SMILES string of the molecule is COCCCNC(=O)c1cc(-c2cccc3ccccc23)cn1Cc1cncn1CC1CCN(C(=O)OCc2ccc3ccccc3c2)CC1. The van der Waals surface area contributed by atoms with Gasteiger partial charge < -0.3 is 28.8 Å². The van der Waals surface area contributed by atoms with Crippen molar-refractivity contribution < 1.29 is 19.1 Å². The van der Waals surface area contributed by atoms with E-state index >= 15 is 0 Å². The summed E-state index contributed by atoms with van der Waals surface area (Å²) in [4.78, 5) is 32.7. The number of fused-ring (bicyclic) bond motifs is 2. The highest BCUT2D eigenvalue weighted by Gasteiger charge is 2.25. The van der Waals surface area contributed by atoms with Crippen molar-refractivity contribution in [3.05, 3.63) is 127 Å². The molecule has 0 bridgehead atoms. The summed E-state index contributed by atoms with van der Waals surface area (Å²) < 4.78 is 15.1. The van der Waals surface area contributed by atoms with Crippen molar-refractivity contribution in [1.29, 1.82) is 0 Å². The number of nitrogens with one attached hydrogen (secondary N) is 1. The Kier molecular flexibility index (Phi) is 10.2. The number of hydrogen-bond acceptors (Lipinski definition) is 5. The molecule has 4 aromatic carbocycles. The van der Waals surface area contributed by atoms with Gasteiger partial charge in [0.2, 0.25) is 0 Å². The zero-order valence-electron chi connectivity index (χ0n) is 28.5. The number of nitrogens with zero attached hydrogens (tertiary/aromatic N) is 4. The number of imidazole rings is 1. The highest BCUT2D eigenvalue weighted by atomic mass is 16.6. The maximum absolute atomic E-state index is 13.5. The minimum atomic E-state index is -0.262. The first-order valence-electron chi connectivity index (χ1n) is 17.4. The normalized spacial score (nSPS) is 13.6. The Hall–Kier alpha value is -5.41. The van der Waals surface area contributed by atoms with Gasteiger partial charge in [-0.25, -0.2) is 9.78 Å². The maximum Gasteiger partial charge on any atom is 0.410 e. The van der Waals surface area contributed by atoms with Gasteiger partial charge in [0.1, 0.15) is 12.3 Å². The first-order valence-corrected chi connectivity index (χ1v) is 17.4. The molecule has 1 aliphatic rings. The summed E-state index contributed by atoms with van der Waals surface area (Å²) in [5, 5.41) is 7.68. The van der Waals surface area contributed by atoms with Crippen molar-refractivity contribution in [2.45, 2.75) is 39.0 Å². The van der Waals surface area contributed by atoms with Crippen molar-refractivity contribution in [3.8, 4) is 11.1 Å². The predicted molar refractivity (Wildman–Crippen MR) is 196 cm³/mol. The summed E-state index contributed by atoms with van der Waals surface area (Å²) in [7, 11) is 1.66. The summed E-state index contributed by atoms with van der Waals surface area (Å²) >= 11 is 0. The van der Waals surface area contributed by atoms with Gasteiger partial charge in [0.25, 0.3) is 5.91 Å². The Bertz CT molecular complexity index is 2090. The number of ether oxygens (including phenoxy) is 2. The fourth-order valence-corrected chi connectivity index (χ4v) is 6.93. The summed E-state index contributed by atoms with van der Waals surface area (Å²) in [6.07, 6.45) is 8.08. The minimum absolute atomic E-state index is 0.112. The van der Waals surface area contributed by atoms with Crippen LogP contribution in [0, 0.1) is 5.92 Å². The van der Waals surface area contributed by atoms with Crippen LogP contribution in [-0.4, -0.2) is 64.4 Å². The number of rotatable bonds is 12. The van der Waals surface area contributed by atoms with E-state index in [1.54, 1.807) is 7.11 Å². The second-order valence-corrected chi connectivity index (χ2v) is 13.1. The molecule has 3 heterocycles. The zero-order chi connectivity index (χ0) is 34.3. The van der Waals surface area contributed by atoms with Crippen LogP contribution in [0.2, 0.25) is 0 Å². The molecule has 2 amide bonds. The van der Waals surface area contributed by atoms with Crippen molar-refractivity contribution >= 4 is 33.5 Å². The summed E-state index contributed by atoms with van der Waals surface area (Å²) in [6, 6.07) is 30.9. The number of methoxy groups -OCH3 is 1. The zero-order valence-corrected chi connectivity index (χ0v) is 28.5. The van der Waals surface area contributed by atoms with Crippen LogP contribution in [0.4, 0.5) is 4.79 Å². The van der Waals surface area contributed by atoms with E-state index in [2.05, 4.69) is 75.7 Å². The third-order valence-corrected chi connectivity index (χ3v) is 9.68. The molecule has 0 atom stereocenters. The van der Waals surface area contributed by atoms with E-state index in [1.165, 1.54) is 5.39 Å². The molecule has 1 saturated heterocycles. The molecule has 9 nitrogen and oxygen atoms in total. The highest BCUT2D eigenvalue weighted by molar-refractivity contribution is 5.99. The van der Waals surface area contributed by atoms with E-state index < -0.39 is 0 Å². The second kappa shape index (κ2) is 15.4. The van der Waals surface area contributed by atoms with E-state index in [0.717, 1.165) is 64.4 Å². The summed E-state index contributed by atoms with van der Waals surface area (Å²) in [5.41, 5.74) is 4.70. The van der Waals surface area contributed by atoms with Gasteiger partial charge in [0.15, 0.2) is 0 Å². The number of likely N-dealkylation sites (tertiary alicyclic amines) is 1. The molecule has 0 radical (unpaired) electrons. The molecule has 7 rings (SSSR count). The highest BCUT2D eigenvalue weighted by Crippen LogP contribution is 2.31. The Morgan fingerprint density at radius 3 is 2.50 bits per heavy atom. The fourth-order valence-electron chi connectivity index (χ4n) is 6.93. The summed E-state index contributed by atoms with van der Waals surface area (Å²) in [6.45, 7) is 4.01. The molecule has 1 N–H and O–H groups in total. The number of amides is 2. The Balaban J connectivity index is 1.00. The number of carbonyl (C=O) groups excluding carboxylic acids is 2. The molecule has 50 heavy (non-hydrogen) atoms. The molecule has 0 saturated carbocycles. The number of hydrogen-bond donors (Lipinski definition) is 1. The lowest BCUT2D eigenvalue weighted by Crippen LogP contribution is -2.39. The minimum Gasteiger partial charge on any atom is -0.445 e. The van der Waals surface area contributed by atoms with Crippen LogP contribution in [-0.2, 0) is 29.2 Å². The van der Waals surface area contributed by atoms with Gasteiger partial charge in [-0.3, -0.25) is 4.79 Å². The van der Waals surface area contributed by atoms with E-state index in [1.807, 2.05) is 58.4 Å². The quantitative estimate of drug-likeness (QED) is 0.136. The fraction of sp³-hybridized carbons (Fsp3) is 0.293. The molecule has 0 aliphatic carbocycles. The molecule has 1 aliphatic heterocycles. The van der Waals surface area contributed by atoms with Crippen LogP contribution in [0.15, 0.2) is 110 Å². The molecule has 9 heteroatoms. The van der Waals surface area contributed by atoms with Crippen LogP contribution < -0.4 is 5.32 Å². The number of piperidine rings is 1. The molecular formula is C41H43N5O4. The second-order valence-electron chi connectivity index (χ2n) is 13.1. The van der Waals surface area contributed by atoms with Gasteiger partial charge in [-0.1, -0.05) is 78.9 Å². The molecule has 6 aromatic rings. The smallest absolute Gasteiger partial charge is 0.410 e. The lowest BCUT2D eigenvalue weighted by Gasteiger charge is -2.31. The Labute approximate surface area is 292 Å². The predicted octanol–water partition coefficient (Wildman–Crippen LogP) is 7.52. The lowest BCUT2D eigenvalue weighted by molar-refractivity contribution is 0.0806. The van der Waals surface area contributed by atoms with Gasteiger partial charge >= 0.3 is 6.09 Å². The third kappa shape index (κ3) is 7.58. The standard InChI is InChI=1S/C41H43N5O4/c1-49-21-7-18-43-40(47)39-23-35(38-13-6-11-33-9-4-5-12-37(33)38)26-45(39)27-36-24-42-29-46(36)25-30-16-19-44(20-17-30)41(48)50-28-31-14-15-32-8-2-3-10-34(32)22-31/h2-6,8-15,22-24,26,29-30H,7,16-21,25,27-28H2,1H3,(H,43,47). The van der Waals surface area contributed by atoms with Crippen LogP contribution in [0.5, 0.6) is 0 Å². The lowest BCUT2D eigenvalue weighted by atomic mass is 9.97. The van der Waals surface area contributed by atoms with Crippen molar-refractivity contribution in [3.63, 3.8) is 0 Å². The van der Waals surface area contributed by atoms with Crippen molar-refractivity contribution in [2.75, 3.05) is 33.4 Å². The molecule has 0 spiro atoms. The van der Waals surface area contributed by atoms with Gasteiger partial charge in [-0.05, 0) is 70.0 Å². The van der Waals surface area contributed by atoms with E-state index in [-0.39, 0.29) is 18.6 Å². The van der Waals surface area contributed by atoms with Crippen LogP contribution >= 0.6 is 0 Å². The molecule has 2 aromatic heterocycles. The van der Waals surface area contributed by atoms with Gasteiger partial charge in [0, 0.05) is 57.9 Å². The van der Waals surface area contributed by atoms with Crippen molar-refractivity contribution in [2.24, 2.45) is 5.92 Å². The van der Waals surface area contributed by atoms with E-state index in [9.17, 15) is 9.59 Å².